The molecule has 3 aromatic rings. The summed E-state index contributed by atoms with van der Waals surface area (Å²) in [5.41, 5.74) is 3.42. The lowest BCUT2D eigenvalue weighted by molar-refractivity contribution is 0.000102. The molecule has 1 fully saturated rings. The average Bonchev–Trinajstić information content (AvgIpc) is 3.69. The molecule has 0 saturated heterocycles. The molecule has 2 aromatic carbocycles. The number of nitrogens with one attached hydrogen (secondary N) is 2. The molecular weight excluding hydrogens is 516 g/mol. The summed E-state index contributed by atoms with van der Waals surface area (Å²) in [6.07, 6.45) is 2.69. The number of hydrogen-bond acceptors (Lipinski definition) is 8. The lowest BCUT2D eigenvalue weighted by Crippen LogP contribution is -2.40. The van der Waals surface area contributed by atoms with E-state index in [0.29, 0.717) is 23.4 Å². The van der Waals surface area contributed by atoms with Gasteiger partial charge in [-0.1, -0.05) is 6.07 Å². The van der Waals surface area contributed by atoms with Gasteiger partial charge < -0.3 is 29.2 Å². The summed E-state index contributed by atoms with van der Waals surface area (Å²) in [7, 11) is 3.33. The molecule has 0 aliphatic heterocycles. The summed E-state index contributed by atoms with van der Waals surface area (Å²) in [5, 5.41) is 21.4. The standard InChI is InChI=1S/C29H32N4O7/c1-17-5-6-20(27(35)31-22-9-10-22)13-24(17)33(26(30)25-18(2)21(15-38-4)14-32(25)3)29(37)40-16-39-28(36)19-7-11-23(34)12-8-19/h5-8,11-14,22,30,34H,9-10,15-16H2,1-4H3,(H,31,35). The van der Waals surface area contributed by atoms with Gasteiger partial charge in [-0.3, -0.25) is 10.2 Å². The van der Waals surface area contributed by atoms with Crippen LogP contribution in [-0.2, 0) is 27.9 Å². The largest absolute Gasteiger partial charge is 0.508 e. The van der Waals surface area contributed by atoms with Crippen LogP contribution in [0.2, 0.25) is 0 Å². The molecule has 11 nitrogen and oxygen atoms in total. The molecule has 0 atom stereocenters. The number of ether oxygens (including phenoxy) is 3. The number of aryl methyl sites for hydroxylation is 2. The van der Waals surface area contributed by atoms with Gasteiger partial charge in [0, 0.05) is 32.0 Å². The fourth-order valence-corrected chi connectivity index (χ4v) is 4.24. The number of aromatic nitrogens is 1. The summed E-state index contributed by atoms with van der Waals surface area (Å²) in [6.45, 7) is 3.18. The number of aromatic hydroxyl groups is 1. The van der Waals surface area contributed by atoms with Gasteiger partial charge in [-0.05, 0) is 79.8 Å². The first-order chi connectivity index (χ1) is 19.1. The van der Waals surface area contributed by atoms with Crippen LogP contribution in [0, 0.1) is 19.3 Å². The molecule has 2 amide bonds. The molecule has 1 heterocycles. The second kappa shape index (κ2) is 12.0. The highest BCUT2D eigenvalue weighted by Crippen LogP contribution is 2.28. The summed E-state index contributed by atoms with van der Waals surface area (Å²) >= 11 is 0. The van der Waals surface area contributed by atoms with Gasteiger partial charge >= 0.3 is 12.1 Å². The fourth-order valence-electron chi connectivity index (χ4n) is 4.24. The smallest absolute Gasteiger partial charge is 0.423 e. The summed E-state index contributed by atoms with van der Waals surface area (Å²) in [4.78, 5) is 39.7. The predicted octanol–water partition coefficient (Wildman–Crippen LogP) is 4.17. The maximum atomic E-state index is 13.5. The number of phenolic OH excluding ortho intramolecular Hbond substituents is 1. The monoisotopic (exact) mass is 548 g/mol. The van der Waals surface area contributed by atoms with E-state index in [1.54, 1.807) is 43.8 Å². The third-order valence-electron chi connectivity index (χ3n) is 6.57. The van der Waals surface area contributed by atoms with Crippen molar-refractivity contribution in [3.63, 3.8) is 0 Å². The molecule has 210 valence electrons. The number of hydrogen-bond donors (Lipinski definition) is 3. The average molecular weight is 549 g/mol. The molecule has 1 aliphatic rings. The lowest BCUT2D eigenvalue weighted by Gasteiger charge is -2.25. The minimum absolute atomic E-state index is 0.00910. The number of amidine groups is 1. The van der Waals surface area contributed by atoms with E-state index in [0.717, 1.165) is 28.9 Å². The number of esters is 1. The third kappa shape index (κ3) is 6.32. The molecule has 1 aromatic heterocycles. The van der Waals surface area contributed by atoms with Gasteiger partial charge in [-0.15, -0.1) is 0 Å². The zero-order chi connectivity index (χ0) is 29.0. The van der Waals surface area contributed by atoms with Crippen LogP contribution in [0.1, 0.15) is 55.9 Å². The van der Waals surface area contributed by atoms with Crippen LogP contribution in [-0.4, -0.2) is 53.4 Å². The second-order valence-corrected chi connectivity index (χ2v) is 9.61. The predicted molar refractivity (Wildman–Crippen MR) is 147 cm³/mol. The number of methoxy groups -OCH3 is 1. The van der Waals surface area contributed by atoms with Crippen LogP contribution in [0.5, 0.6) is 5.75 Å². The Bertz CT molecular complexity index is 1440. The van der Waals surface area contributed by atoms with Crippen molar-refractivity contribution < 1.29 is 33.7 Å². The molecule has 40 heavy (non-hydrogen) atoms. The van der Waals surface area contributed by atoms with Crippen molar-refractivity contribution in [2.24, 2.45) is 7.05 Å². The molecule has 0 radical (unpaired) electrons. The lowest BCUT2D eigenvalue weighted by atomic mass is 10.1. The number of amides is 2. The summed E-state index contributed by atoms with van der Waals surface area (Å²) in [5.74, 6) is -1.24. The zero-order valence-corrected chi connectivity index (χ0v) is 22.8. The molecule has 1 aliphatic carbocycles. The van der Waals surface area contributed by atoms with Crippen LogP contribution in [0.4, 0.5) is 10.5 Å². The number of carbonyl (C=O) groups excluding carboxylic acids is 3. The molecule has 0 bridgehead atoms. The van der Waals surface area contributed by atoms with Crippen molar-refractivity contribution in [1.82, 2.24) is 9.88 Å². The van der Waals surface area contributed by atoms with Crippen molar-refractivity contribution in [1.29, 1.82) is 5.41 Å². The highest BCUT2D eigenvalue weighted by atomic mass is 16.7. The SMILES string of the molecule is COCc1cn(C)c(C(=N)N(C(=O)OCOC(=O)c2ccc(O)cc2)c2cc(C(=O)NC3CC3)ccc2C)c1C. The van der Waals surface area contributed by atoms with Crippen LogP contribution in [0.25, 0.3) is 0 Å². The van der Waals surface area contributed by atoms with Gasteiger partial charge in [-0.25, -0.2) is 14.5 Å². The summed E-state index contributed by atoms with van der Waals surface area (Å²) in [6, 6.07) is 10.5. The first-order valence-corrected chi connectivity index (χ1v) is 12.7. The minimum atomic E-state index is -0.972. The first kappa shape index (κ1) is 28.4. The van der Waals surface area contributed by atoms with Gasteiger partial charge in [0.1, 0.15) is 5.75 Å². The topological polar surface area (TPSA) is 143 Å². The van der Waals surface area contributed by atoms with E-state index in [9.17, 15) is 19.5 Å². The highest BCUT2D eigenvalue weighted by Gasteiger charge is 2.30. The van der Waals surface area contributed by atoms with Gasteiger partial charge in [0.2, 0.25) is 6.79 Å². The zero-order valence-electron chi connectivity index (χ0n) is 22.8. The maximum absolute atomic E-state index is 13.5. The Kier molecular flexibility index (Phi) is 8.54. The Balaban J connectivity index is 1.63. The van der Waals surface area contributed by atoms with Crippen molar-refractivity contribution in [3.8, 4) is 5.75 Å². The summed E-state index contributed by atoms with van der Waals surface area (Å²) < 4.78 is 17.4. The quantitative estimate of drug-likeness (QED) is 0.158. The van der Waals surface area contributed by atoms with Crippen LogP contribution in [0.15, 0.2) is 48.7 Å². The van der Waals surface area contributed by atoms with E-state index < -0.39 is 18.9 Å². The first-order valence-electron chi connectivity index (χ1n) is 12.7. The Hall–Kier alpha value is -4.64. The number of benzene rings is 2. The van der Waals surface area contributed by atoms with Crippen LogP contribution in [0.3, 0.4) is 0 Å². The molecule has 0 spiro atoms. The highest BCUT2D eigenvalue weighted by molar-refractivity contribution is 6.21. The van der Waals surface area contributed by atoms with E-state index in [1.165, 1.54) is 24.3 Å². The van der Waals surface area contributed by atoms with Gasteiger partial charge in [0.05, 0.1) is 23.6 Å². The third-order valence-corrected chi connectivity index (χ3v) is 6.57. The number of anilines is 1. The maximum Gasteiger partial charge on any atom is 0.423 e. The molecule has 1 saturated carbocycles. The normalized spacial score (nSPS) is 12.5. The number of nitrogens with zero attached hydrogens (tertiary/aromatic N) is 2. The second-order valence-electron chi connectivity index (χ2n) is 9.61. The van der Waals surface area contributed by atoms with E-state index in [-0.39, 0.29) is 34.8 Å². The molecular formula is C29H32N4O7. The minimum Gasteiger partial charge on any atom is -0.508 e. The number of carbonyl (C=O) groups is 3. The Morgan fingerprint density at radius 3 is 2.40 bits per heavy atom. The molecule has 0 unspecified atom stereocenters. The van der Waals surface area contributed by atoms with E-state index in [4.69, 9.17) is 19.6 Å². The molecule has 4 rings (SSSR count). The molecule has 3 N–H and O–H groups in total. The van der Waals surface area contributed by atoms with E-state index in [1.807, 2.05) is 13.1 Å². The van der Waals surface area contributed by atoms with Crippen LogP contribution < -0.4 is 10.2 Å². The number of phenols is 1. The van der Waals surface area contributed by atoms with E-state index in [2.05, 4.69) is 5.32 Å². The van der Waals surface area contributed by atoms with Gasteiger partial charge in [-0.2, -0.15) is 0 Å². The van der Waals surface area contributed by atoms with Crippen molar-refractivity contribution in [3.05, 3.63) is 82.2 Å². The molecule has 11 heteroatoms. The Morgan fingerprint density at radius 2 is 1.75 bits per heavy atom. The van der Waals surface area contributed by atoms with Crippen molar-refractivity contribution in [2.45, 2.75) is 39.3 Å². The fraction of sp³-hybridized carbons (Fsp3) is 0.310. The van der Waals surface area contributed by atoms with Gasteiger partial charge in [0.25, 0.3) is 5.91 Å². The van der Waals surface area contributed by atoms with Gasteiger partial charge in [0.15, 0.2) is 5.84 Å². The Labute approximate surface area is 231 Å². The van der Waals surface area contributed by atoms with Crippen molar-refractivity contribution >= 4 is 29.5 Å². The number of rotatable bonds is 9. The van der Waals surface area contributed by atoms with E-state index >= 15 is 0 Å². The Morgan fingerprint density at radius 1 is 1.07 bits per heavy atom. The van der Waals surface area contributed by atoms with Crippen molar-refractivity contribution in [2.75, 3.05) is 18.8 Å². The van der Waals surface area contributed by atoms with Crippen LogP contribution >= 0.6 is 0 Å².